The highest BCUT2D eigenvalue weighted by Gasteiger charge is 2.23. The van der Waals surface area contributed by atoms with E-state index in [4.69, 9.17) is 14.2 Å². The van der Waals surface area contributed by atoms with Crippen LogP contribution in [-0.2, 0) is 4.74 Å². The Morgan fingerprint density at radius 3 is 2.81 bits per heavy atom. The topological polar surface area (TPSA) is 39.7 Å². The number of ether oxygens (including phenoxy) is 3. The van der Waals surface area contributed by atoms with E-state index >= 15 is 0 Å². The summed E-state index contributed by atoms with van der Waals surface area (Å²) in [6, 6.07) is 6.25. The minimum atomic E-state index is 0.202. The largest absolute Gasteiger partial charge is 0.497 e. The Kier molecular flexibility index (Phi) is 5.88. The average Bonchev–Trinajstić information content (AvgIpc) is 2.90. The zero-order valence-corrected chi connectivity index (χ0v) is 13.5. The van der Waals surface area contributed by atoms with Crippen LogP contribution < -0.4 is 14.8 Å². The number of hydrogen-bond donors (Lipinski definition) is 1. The van der Waals surface area contributed by atoms with Crippen molar-refractivity contribution in [1.82, 2.24) is 5.32 Å². The fourth-order valence-corrected chi connectivity index (χ4v) is 2.73. The monoisotopic (exact) mass is 293 g/mol. The predicted molar refractivity (Wildman–Crippen MR) is 84.1 cm³/mol. The van der Waals surface area contributed by atoms with Crippen molar-refractivity contribution in [3.05, 3.63) is 23.8 Å². The molecule has 0 radical (unpaired) electrons. The van der Waals surface area contributed by atoms with Crippen LogP contribution in [0.25, 0.3) is 0 Å². The molecule has 1 N–H and O–H groups in total. The van der Waals surface area contributed by atoms with E-state index in [-0.39, 0.29) is 12.1 Å². The second-order valence-electron chi connectivity index (χ2n) is 5.64. The summed E-state index contributed by atoms with van der Waals surface area (Å²) in [5, 5.41) is 3.42. The molecule has 3 unspecified atom stereocenters. The summed E-state index contributed by atoms with van der Waals surface area (Å²) in [5.74, 6) is 1.70. The Balaban J connectivity index is 2.07. The van der Waals surface area contributed by atoms with Crippen molar-refractivity contribution in [2.75, 3.05) is 20.3 Å². The van der Waals surface area contributed by atoms with Gasteiger partial charge in [-0.2, -0.15) is 0 Å². The van der Waals surface area contributed by atoms with E-state index in [0.717, 1.165) is 36.4 Å². The molecule has 0 aliphatic carbocycles. The van der Waals surface area contributed by atoms with Crippen LogP contribution in [0.3, 0.4) is 0 Å². The maximum absolute atomic E-state index is 6.03. The van der Waals surface area contributed by atoms with E-state index in [1.807, 2.05) is 12.1 Å². The van der Waals surface area contributed by atoms with Crippen molar-refractivity contribution >= 4 is 0 Å². The molecule has 4 nitrogen and oxygen atoms in total. The summed E-state index contributed by atoms with van der Waals surface area (Å²) < 4.78 is 17.2. The van der Waals surface area contributed by atoms with Crippen LogP contribution in [0.1, 0.15) is 45.2 Å². The van der Waals surface area contributed by atoms with Gasteiger partial charge in [0.2, 0.25) is 0 Å². The molecule has 0 saturated carbocycles. The molecule has 2 rings (SSSR count). The van der Waals surface area contributed by atoms with Gasteiger partial charge in [-0.25, -0.2) is 0 Å². The van der Waals surface area contributed by atoms with Crippen molar-refractivity contribution in [3.63, 3.8) is 0 Å². The lowest BCUT2D eigenvalue weighted by Gasteiger charge is -2.20. The minimum Gasteiger partial charge on any atom is -0.497 e. The summed E-state index contributed by atoms with van der Waals surface area (Å²) in [6.07, 6.45) is 2.74. The number of nitrogens with one attached hydrogen (secondary N) is 1. The molecule has 1 saturated heterocycles. The van der Waals surface area contributed by atoms with E-state index in [1.54, 1.807) is 7.11 Å². The third-order valence-corrected chi connectivity index (χ3v) is 3.94. The molecule has 0 amide bonds. The van der Waals surface area contributed by atoms with Gasteiger partial charge in [0, 0.05) is 17.7 Å². The molecule has 3 atom stereocenters. The Morgan fingerprint density at radius 1 is 1.38 bits per heavy atom. The lowest BCUT2D eigenvalue weighted by atomic mass is 10.1. The standard InChI is InChI=1S/C17H27NO3/c1-5-18-13(3)16-9-8-14(19-4)10-17(16)20-11-15-7-6-12(2)21-15/h8-10,12-13,15,18H,5-7,11H2,1-4H3. The summed E-state index contributed by atoms with van der Waals surface area (Å²) in [7, 11) is 1.67. The Bertz CT molecular complexity index is 450. The Labute approximate surface area is 127 Å². The molecular weight excluding hydrogens is 266 g/mol. The van der Waals surface area contributed by atoms with Gasteiger partial charge in [0.15, 0.2) is 0 Å². The smallest absolute Gasteiger partial charge is 0.127 e. The Morgan fingerprint density at radius 2 is 2.19 bits per heavy atom. The van der Waals surface area contributed by atoms with Crippen LogP contribution in [-0.4, -0.2) is 32.5 Å². The molecule has 118 valence electrons. The van der Waals surface area contributed by atoms with E-state index in [0.29, 0.717) is 12.7 Å². The van der Waals surface area contributed by atoms with Crippen LogP contribution >= 0.6 is 0 Å². The fourth-order valence-electron chi connectivity index (χ4n) is 2.73. The van der Waals surface area contributed by atoms with E-state index in [1.165, 1.54) is 0 Å². The lowest BCUT2D eigenvalue weighted by molar-refractivity contribution is 0.0261. The zero-order chi connectivity index (χ0) is 15.2. The van der Waals surface area contributed by atoms with Gasteiger partial charge >= 0.3 is 0 Å². The molecule has 21 heavy (non-hydrogen) atoms. The summed E-state index contributed by atoms with van der Waals surface area (Å²) in [6.45, 7) is 7.89. The maximum Gasteiger partial charge on any atom is 0.127 e. The maximum atomic E-state index is 6.03. The molecule has 4 heteroatoms. The molecule has 1 aromatic rings. The van der Waals surface area contributed by atoms with Crippen LogP contribution in [0.5, 0.6) is 11.5 Å². The summed E-state index contributed by atoms with van der Waals surface area (Å²) in [5.41, 5.74) is 1.16. The van der Waals surface area contributed by atoms with Crippen molar-refractivity contribution in [3.8, 4) is 11.5 Å². The van der Waals surface area contributed by atoms with Gasteiger partial charge in [-0.05, 0) is 39.3 Å². The summed E-state index contributed by atoms with van der Waals surface area (Å²) >= 11 is 0. The van der Waals surface area contributed by atoms with Crippen molar-refractivity contribution in [1.29, 1.82) is 0 Å². The number of benzene rings is 1. The molecule has 1 fully saturated rings. The predicted octanol–water partition coefficient (Wildman–Crippen LogP) is 3.31. The highest BCUT2D eigenvalue weighted by Crippen LogP contribution is 2.30. The highest BCUT2D eigenvalue weighted by atomic mass is 16.5. The molecule has 1 aromatic carbocycles. The number of hydrogen-bond acceptors (Lipinski definition) is 4. The van der Waals surface area contributed by atoms with Crippen molar-refractivity contribution < 1.29 is 14.2 Å². The first-order valence-corrected chi connectivity index (χ1v) is 7.83. The molecule has 1 aliphatic rings. The van der Waals surface area contributed by atoms with E-state index < -0.39 is 0 Å². The van der Waals surface area contributed by atoms with Gasteiger partial charge in [0.05, 0.1) is 19.3 Å². The van der Waals surface area contributed by atoms with Gasteiger partial charge in [0.25, 0.3) is 0 Å². The second-order valence-corrected chi connectivity index (χ2v) is 5.64. The normalized spacial score (nSPS) is 23.0. The molecular formula is C17H27NO3. The van der Waals surface area contributed by atoms with Crippen LogP contribution in [0, 0.1) is 0 Å². The molecule has 1 heterocycles. The van der Waals surface area contributed by atoms with Gasteiger partial charge in [-0.1, -0.05) is 13.0 Å². The van der Waals surface area contributed by atoms with Gasteiger partial charge in [-0.3, -0.25) is 0 Å². The summed E-state index contributed by atoms with van der Waals surface area (Å²) in [4.78, 5) is 0. The molecule has 0 bridgehead atoms. The lowest BCUT2D eigenvalue weighted by Crippen LogP contribution is -2.21. The third kappa shape index (κ3) is 4.35. The third-order valence-electron chi connectivity index (χ3n) is 3.94. The average molecular weight is 293 g/mol. The first-order chi connectivity index (χ1) is 10.1. The van der Waals surface area contributed by atoms with Crippen molar-refractivity contribution in [2.24, 2.45) is 0 Å². The SMILES string of the molecule is CCNC(C)c1ccc(OC)cc1OCC1CCC(C)O1. The van der Waals surface area contributed by atoms with Crippen LogP contribution in [0.2, 0.25) is 0 Å². The van der Waals surface area contributed by atoms with Crippen LogP contribution in [0.15, 0.2) is 18.2 Å². The fraction of sp³-hybridized carbons (Fsp3) is 0.647. The molecule has 0 spiro atoms. The second kappa shape index (κ2) is 7.66. The first kappa shape index (κ1) is 16.1. The van der Waals surface area contributed by atoms with E-state index in [9.17, 15) is 0 Å². The Hall–Kier alpha value is -1.26. The quantitative estimate of drug-likeness (QED) is 0.837. The van der Waals surface area contributed by atoms with Crippen molar-refractivity contribution in [2.45, 2.75) is 51.9 Å². The van der Waals surface area contributed by atoms with Crippen LogP contribution in [0.4, 0.5) is 0 Å². The molecule has 1 aliphatic heterocycles. The van der Waals surface area contributed by atoms with E-state index in [2.05, 4.69) is 32.2 Å². The van der Waals surface area contributed by atoms with Gasteiger partial charge in [0.1, 0.15) is 18.1 Å². The highest BCUT2D eigenvalue weighted by molar-refractivity contribution is 5.42. The number of methoxy groups -OCH3 is 1. The first-order valence-electron chi connectivity index (χ1n) is 7.83. The van der Waals surface area contributed by atoms with Gasteiger partial charge in [-0.15, -0.1) is 0 Å². The molecule has 0 aromatic heterocycles. The minimum absolute atomic E-state index is 0.202. The number of rotatable bonds is 7. The zero-order valence-electron chi connectivity index (χ0n) is 13.5. The van der Waals surface area contributed by atoms with Gasteiger partial charge < -0.3 is 19.5 Å².